The number of esters is 1. The minimum absolute atomic E-state index is 0.104. The molecule has 2 aromatic rings. The number of rotatable bonds is 12. The van der Waals surface area contributed by atoms with Gasteiger partial charge in [-0.15, -0.1) is 0 Å². The summed E-state index contributed by atoms with van der Waals surface area (Å²) in [5, 5.41) is 0. The standard InChI is InChI=1S/C35H50N2O4/c1-27(2)25-37(33(39)18-11-7-10-15-29-13-8-6-9-14-29)31-19-20-35(41-28(3)38)26-36(4)22-21-34(35,24-31)30-16-12-17-32(23-30)40-5/h6,8-9,12-14,16-17,23,27,31H,7,10-11,15,18-22,24-26H2,1-5H3/t31-,34-,35-/m0/s1. The summed E-state index contributed by atoms with van der Waals surface area (Å²) in [6, 6.07) is 19.0. The van der Waals surface area contributed by atoms with E-state index in [1.54, 1.807) is 7.11 Å². The van der Waals surface area contributed by atoms with E-state index in [0.29, 0.717) is 18.9 Å². The van der Waals surface area contributed by atoms with Gasteiger partial charge in [-0.2, -0.15) is 0 Å². The average molecular weight is 563 g/mol. The molecule has 1 aliphatic carbocycles. The summed E-state index contributed by atoms with van der Waals surface area (Å²) in [7, 11) is 3.80. The molecule has 0 aromatic heterocycles. The summed E-state index contributed by atoms with van der Waals surface area (Å²) in [6.45, 7) is 8.27. The Labute approximate surface area is 247 Å². The van der Waals surface area contributed by atoms with Crippen molar-refractivity contribution in [2.24, 2.45) is 5.92 Å². The highest BCUT2D eigenvalue weighted by Crippen LogP contribution is 2.54. The molecule has 224 valence electrons. The van der Waals surface area contributed by atoms with E-state index in [1.165, 1.54) is 12.5 Å². The third-order valence-corrected chi connectivity index (χ3v) is 9.27. The number of nitrogens with zero attached hydrogens (tertiary/aromatic N) is 2. The number of piperidine rings is 1. The second kappa shape index (κ2) is 13.9. The first-order chi connectivity index (χ1) is 19.7. The SMILES string of the molecule is COc1cccc([C@@]23CCN(C)C[C@@]2(OC(C)=O)CC[C@H](N(CC(C)C)C(=O)CCCCCc2ccccc2)C3)c1. The highest BCUT2D eigenvalue weighted by atomic mass is 16.6. The minimum atomic E-state index is -0.640. The number of likely N-dealkylation sites (N-methyl/N-ethyl adjacent to an activating group) is 1. The van der Waals surface area contributed by atoms with E-state index in [9.17, 15) is 9.59 Å². The number of aryl methyl sites for hydroxylation is 1. The Morgan fingerprint density at radius 2 is 1.83 bits per heavy atom. The molecule has 0 spiro atoms. The van der Waals surface area contributed by atoms with Gasteiger partial charge in [0.15, 0.2) is 0 Å². The molecule has 3 atom stereocenters. The third kappa shape index (κ3) is 7.32. The lowest BCUT2D eigenvalue weighted by atomic mass is 9.55. The number of unbranched alkanes of at least 4 members (excludes halogenated alkanes) is 2. The second-order valence-electron chi connectivity index (χ2n) is 12.8. The fraction of sp³-hybridized carbons (Fsp3) is 0.600. The van der Waals surface area contributed by atoms with Crippen molar-refractivity contribution in [1.29, 1.82) is 0 Å². The van der Waals surface area contributed by atoms with Crippen LogP contribution in [-0.2, 0) is 26.2 Å². The predicted octanol–water partition coefficient (Wildman–Crippen LogP) is 6.41. The molecule has 4 rings (SSSR count). The van der Waals surface area contributed by atoms with Gasteiger partial charge in [0.2, 0.25) is 5.91 Å². The molecular formula is C35H50N2O4. The van der Waals surface area contributed by atoms with E-state index in [-0.39, 0.29) is 17.9 Å². The number of carbonyl (C=O) groups is 2. The lowest BCUT2D eigenvalue weighted by Gasteiger charge is -2.60. The van der Waals surface area contributed by atoms with Crippen LogP contribution in [0.3, 0.4) is 0 Å². The first-order valence-electron chi connectivity index (χ1n) is 15.5. The molecule has 0 N–H and O–H groups in total. The predicted molar refractivity (Wildman–Crippen MR) is 164 cm³/mol. The molecular weight excluding hydrogens is 512 g/mol. The number of likely N-dealkylation sites (tertiary alicyclic amines) is 1. The third-order valence-electron chi connectivity index (χ3n) is 9.27. The number of hydrogen-bond acceptors (Lipinski definition) is 5. The molecule has 41 heavy (non-hydrogen) atoms. The molecule has 1 amide bonds. The molecule has 1 saturated heterocycles. The Kier molecular flexibility index (Phi) is 10.5. The van der Waals surface area contributed by atoms with Crippen molar-refractivity contribution in [3.8, 4) is 5.75 Å². The molecule has 1 aliphatic heterocycles. The van der Waals surface area contributed by atoms with Crippen molar-refractivity contribution < 1.29 is 19.1 Å². The number of ether oxygens (including phenoxy) is 2. The number of benzene rings is 2. The lowest BCUT2D eigenvalue weighted by molar-refractivity contribution is -0.189. The van der Waals surface area contributed by atoms with Crippen LogP contribution in [-0.4, -0.2) is 67.1 Å². The summed E-state index contributed by atoms with van der Waals surface area (Å²) in [5.41, 5.74) is 1.47. The van der Waals surface area contributed by atoms with E-state index in [0.717, 1.165) is 75.8 Å². The van der Waals surface area contributed by atoms with E-state index >= 15 is 0 Å². The molecule has 0 unspecified atom stereocenters. The molecule has 0 radical (unpaired) electrons. The van der Waals surface area contributed by atoms with Crippen LogP contribution in [0.2, 0.25) is 0 Å². The van der Waals surface area contributed by atoms with Gasteiger partial charge in [-0.1, -0.05) is 62.7 Å². The fourth-order valence-corrected chi connectivity index (χ4v) is 7.37. The van der Waals surface area contributed by atoms with Crippen molar-refractivity contribution in [2.45, 2.75) is 95.6 Å². The van der Waals surface area contributed by atoms with Gasteiger partial charge in [0, 0.05) is 37.9 Å². The monoisotopic (exact) mass is 562 g/mol. The highest BCUT2D eigenvalue weighted by Gasteiger charge is 2.61. The molecule has 1 saturated carbocycles. The van der Waals surface area contributed by atoms with Crippen LogP contribution in [0.1, 0.15) is 83.3 Å². The van der Waals surface area contributed by atoms with E-state index < -0.39 is 11.0 Å². The zero-order chi connectivity index (χ0) is 29.5. The van der Waals surface area contributed by atoms with Gasteiger partial charge in [-0.25, -0.2) is 0 Å². The smallest absolute Gasteiger partial charge is 0.303 e. The minimum Gasteiger partial charge on any atom is -0.497 e. The van der Waals surface area contributed by atoms with Gasteiger partial charge >= 0.3 is 5.97 Å². The average Bonchev–Trinajstić information content (AvgIpc) is 2.95. The quantitative estimate of drug-likeness (QED) is 0.221. The van der Waals surface area contributed by atoms with E-state index in [1.807, 2.05) is 12.1 Å². The summed E-state index contributed by atoms with van der Waals surface area (Å²) in [4.78, 5) is 30.9. The maximum absolute atomic E-state index is 13.8. The van der Waals surface area contributed by atoms with Gasteiger partial charge in [0.1, 0.15) is 11.4 Å². The van der Waals surface area contributed by atoms with Crippen molar-refractivity contribution in [2.75, 3.05) is 33.8 Å². The number of methoxy groups -OCH3 is 1. The molecule has 1 heterocycles. The zero-order valence-corrected chi connectivity index (χ0v) is 25.9. The number of fused-ring (bicyclic) bond motifs is 1. The number of carbonyl (C=O) groups excluding carboxylic acids is 2. The summed E-state index contributed by atoms with van der Waals surface area (Å²) in [6.07, 6.45) is 7.93. The second-order valence-corrected chi connectivity index (χ2v) is 12.8. The van der Waals surface area contributed by atoms with Crippen molar-refractivity contribution in [3.63, 3.8) is 0 Å². The van der Waals surface area contributed by atoms with Crippen LogP contribution in [0.15, 0.2) is 54.6 Å². The first kappa shape index (κ1) is 31.1. The van der Waals surface area contributed by atoms with Crippen LogP contribution < -0.4 is 4.74 Å². The van der Waals surface area contributed by atoms with Crippen LogP contribution in [0.4, 0.5) is 0 Å². The van der Waals surface area contributed by atoms with Crippen LogP contribution in [0.5, 0.6) is 5.75 Å². The molecule has 6 heteroatoms. The highest BCUT2D eigenvalue weighted by molar-refractivity contribution is 5.76. The lowest BCUT2D eigenvalue weighted by Crippen LogP contribution is -2.68. The Morgan fingerprint density at radius 3 is 2.54 bits per heavy atom. The Bertz CT molecular complexity index is 1150. The summed E-state index contributed by atoms with van der Waals surface area (Å²) in [5.74, 6) is 1.21. The molecule has 6 nitrogen and oxygen atoms in total. The summed E-state index contributed by atoms with van der Waals surface area (Å²) >= 11 is 0. The van der Waals surface area contributed by atoms with Crippen LogP contribution in [0, 0.1) is 5.92 Å². The molecule has 2 aliphatic rings. The largest absolute Gasteiger partial charge is 0.497 e. The van der Waals surface area contributed by atoms with Crippen molar-refractivity contribution in [3.05, 3.63) is 65.7 Å². The first-order valence-corrected chi connectivity index (χ1v) is 15.5. The van der Waals surface area contributed by atoms with Gasteiger partial charge in [0.25, 0.3) is 0 Å². The molecule has 0 bridgehead atoms. The van der Waals surface area contributed by atoms with E-state index in [4.69, 9.17) is 9.47 Å². The fourth-order valence-electron chi connectivity index (χ4n) is 7.37. The topological polar surface area (TPSA) is 59.1 Å². The normalized spacial score (nSPS) is 24.5. The number of amides is 1. The molecule has 2 fully saturated rings. The Morgan fingerprint density at radius 1 is 1.05 bits per heavy atom. The zero-order valence-electron chi connectivity index (χ0n) is 25.9. The maximum Gasteiger partial charge on any atom is 0.303 e. The Balaban J connectivity index is 1.56. The van der Waals surface area contributed by atoms with E-state index in [2.05, 4.69) is 73.2 Å². The molecule has 2 aromatic carbocycles. The maximum atomic E-state index is 13.8. The van der Waals surface area contributed by atoms with Crippen molar-refractivity contribution >= 4 is 11.9 Å². The number of hydrogen-bond donors (Lipinski definition) is 0. The Hall–Kier alpha value is -2.86. The van der Waals surface area contributed by atoms with Gasteiger partial charge < -0.3 is 19.3 Å². The van der Waals surface area contributed by atoms with Crippen LogP contribution in [0.25, 0.3) is 0 Å². The van der Waals surface area contributed by atoms with Gasteiger partial charge in [-0.05, 0) is 87.7 Å². The van der Waals surface area contributed by atoms with Crippen molar-refractivity contribution in [1.82, 2.24) is 9.80 Å². The van der Waals surface area contributed by atoms with Crippen LogP contribution >= 0.6 is 0 Å². The van der Waals surface area contributed by atoms with Gasteiger partial charge in [0.05, 0.1) is 7.11 Å². The van der Waals surface area contributed by atoms with Gasteiger partial charge in [-0.3, -0.25) is 9.59 Å². The summed E-state index contributed by atoms with van der Waals surface area (Å²) < 4.78 is 12.0.